The minimum atomic E-state index is -6.00. The molecule has 148 valence electrons. The molecule has 0 aromatic carbocycles. The van der Waals surface area contributed by atoms with Gasteiger partial charge in [0.1, 0.15) is 0 Å². The maximum atomic E-state index is 9.75. The summed E-state index contributed by atoms with van der Waals surface area (Å²) in [6.07, 6.45) is 14.0. The number of halogens is 4. The fraction of sp³-hybridized carbons (Fsp3) is 1.00. The van der Waals surface area contributed by atoms with Crippen LogP contribution in [0, 0.1) is 0 Å². The average Bonchev–Trinajstić information content (AvgIpc) is 2.51. The predicted molar refractivity (Wildman–Crippen MR) is 98.8 cm³/mol. The van der Waals surface area contributed by atoms with Gasteiger partial charge in [0.2, 0.25) is 0 Å². The Labute approximate surface area is 147 Å². The van der Waals surface area contributed by atoms with Crippen molar-refractivity contribution in [1.29, 1.82) is 0 Å². The summed E-state index contributed by atoms with van der Waals surface area (Å²) in [6, 6.07) is 0. The van der Waals surface area contributed by atoms with Crippen LogP contribution in [-0.4, -0.2) is 37.9 Å². The normalized spacial score (nSPS) is 12.0. The largest absolute Gasteiger partial charge is 0.673 e. The van der Waals surface area contributed by atoms with Gasteiger partial charge in [-0.3, -0.25) is 0 Å². The number of unbranched alkanes of at least 4 members (excludes halogenated alkanes) is 6. The minimum Gasteiger partial charge on any atom is -0.418 e. The lowest BCUT2D eigenvalue weighted by molar-refractivity contribution is -0.929. The van der Waals surface area contributed by atoms with E-state index in [1.807, 2.05) is 0 Å². The Balaban J connectivity index is 0. The van der Waals surface area contributed by atoms with Crippen LogP contribution >= 0.6 is 0 Å². The lowest BCUT2D eigenvalue weighted by Crippen LogP contribution is -2.50. The zero-order valence-corrected chi connectivity index (χ0v) is 16.4. The highest BCUT2D eigenvalue weighted by Gasteiger charge is 2.24. The van der Waals surface area contributed by atoms with Gasteiger partial charge in [0.15, 0.2) is 0 Å². The van der Waals surface area contributed by atoms with Gasteiger partial charge in [-0.1, -0.05) is 59.8 Å². The second-order valence-corrected chi connectivity index (χ2v) is 6.85. The summed E-state index contributed by atoms with van der Waals surface area (Å²) in [7, 11) is -6.00. The highest BCUT2D eigenvalue weighted by atomic mass is 19.5. The maximum absolute atomic E-state index is 9.75. The van der Waals surface area contributed by atoms with Gasteiger partial charge in [-0.2, -0.15) is 0 Å². The van der Waals surface area contributed by atoms with Crippen molar-refractivity contribution in [1.82, 2.24) is 0 Å². The molecule has 0 aromatic heterocycles. The SMILES string of the molecule is CCCCCC[N+](CCCC)(CCCC)CCCC.F[B-](F)(F)F. The molecule has 0 fully saturated rings. The number of quaternary nitrogens is 1. The first-order valence-electron chi connectivity index (χ1n) is 9.97. The fourth-order valence-corrected chi connectivity index (χ4v) is 3.03. The average molecular weight is 357 g/mol. The number of hydrogen-bond acceptors (Lipinski definition) is 0. The molecule has 0 amide bonds. The van der Waals surface area contributed by atoms with Crippen molar-refractivity contribution in [2.45, 2.75) is 91.9 Å². The van der Waals surface area contributed by atoms with Crippen molar-refractivity contribution < 1.29 is 21.7 Å². The number of rotatable bonds is 14. The van der Waals surface area contributed by atoms with E-state index in [1.165, 1.54) is 94.9 Å². The lowest BCUT2D eigenvalue weighted by Gasteiger charge is -2.39. The Morgan fingerprint density at radius 2 is 0.792 bits per heavy atom. The lowest BCUT2D eigenvalue weighted by atomic mass is 10.1. The van der Waals surface area contributed by atoms with Crippen LogP contribution in [0.4, 0.5) is 17.3 Å². The zero-order chi connectivity index (χ0) is 18.9. The second kappa shape index (κ2) is 16.2. The van der Waals surface area contributed by atoms with E-state index >= 15 is 0 Å². The molecule has 1 nitrogen and oxygen atoms in total. The van der Waals surface area contributed by atoms with Crippen molar-refractivity contribution >= 4 is 7.25 Å². The van der Waals surface area contributed by atoms with Gasteiger partial charge in [-0.15, -0.1) is 0 Å². The zero-order valence-electron chi connectivity index (χ0n) is 16.4. The molecule has 0 saturated heterocycles. The van der Waals surface area contributed by atoms with Crippen LogP contribution < -0.4 is 0 Å². The van der Waals surface area contributed by atoms with Gasteiger partial charge in [0, 0.05) is 0 Å². The van der Waals surface area contributed by atoms with E-state index in [0.717, 1.165) is 0 Å². The van der Waals surface area contributed by atoms with Gasteiger partial charge in [-0.05, 0) is 32.1 Å². The highest BCUT2D eigenvalue weighted by Crippen LogP contribution is 2.17. The molecule has 0 bridgehead atoms. The molecule has 6 heteroatoms. The van der Waals surface area contributed by atoms with Crippen molar-refractivity contribution in [2.75, 3.05) is 26.2 Å². The monoisotopic (exact) mass is 357 g/mol. The third kappa shape index (κ3) is 19.8. The van der Waals surface area contributed by atoms with Crippen LogP contribution in [0.2, 0.25) is 0 Å². The molecule has 0 rings (SSSR count). The van der Waals surface area contributed by atoms with E-state index in [0.29, 0.717) is 0 Å². The summed E-state index contributed by atoms with van der Waals surface area (Å²) in [5.74, 6) is 0. The molecule has 0 heterocycles. The van der Waals surface area contributed by atoms with Crippen LogP contribution in [0.5, 0.6) is 0 Å². The second-order valence-electron chi connectivity index (χ2n) is 6.85. The van der Waals surface area contributed by atoms with E-state index < -0.39 is 7.25 Å². The van der Waals surface area contributed by atoms with Gasteiger partial charge in [0.25, 0.3) is 0 Å². The molecule has 0 aliphatic rings. The fourth-order valence-electron chi connectivity index (χ4n) is 3.03. The summed E-state index contributed by atoms with van der Waals surface area (Å²) in [5.41, 5.74) is 0. The predicted octanol–water partition coefficient (Wildman–Crippen LogP) is 7.08. The standard InChI is InChI=1S/C18H40N.BF4/c1-5-9-13-14-18-19(15-10-6-2,16-11-7-3)17-12-8-4;2-1(3,4)5/h5-18H2,1-4H3;/q+1;-1. The third-order valence-electron chi connectivity index (χ3n) is 4.44. The van der Waals surface area contributed by atoms with E-state index in [9.17, 15) is 17.3 Å². The molecular formula is C18H40BF4N. The Kier molecular flexibility index (Phi) is 17.6. The van der Waals surface area contributed by atoms with E-state index in [-0.39, 0.29) is 0 Å². The first-order valence-corrected chi connectivity index (χ1v) is 9.97. The molecule has 0 aliphatic heterocycles. The summed E-state index contributed by atoms with van der Waals surface area (Å²) >= 11 is 0. The summed E-state index contributed by atoms with van der Waals surface area (Å²) in [4.78, 5) is 0. The van der Waals surface area contributed by atoms with Gasteiger partial charge < -0.3 is 21.7 Å². The molecule has 0 saturated carbocycles. The van der Waals surface area contributed by atoms with Gasteiger partial charge in [-0.25, -0.2) is 0 Å². The van der Waals surface area contributed by atoms with Crippen LogP contribution in [0.15, 0.2) is 0 Å². The Hall–Kier alpha value is -0.255. The Morgan fingerprint density at radius 3 is 1.08 bits per heavy atom. The Bertz CT molecular complexity index is 232. The molecular weight excluding hydrogens is 317 g/mol. The van der Waals surface area contributed by atoms with E-state index in [2.05, 4.69) is 27.7 Å². The van der Waals surface area contributed by atoms with Crippen molar-refractivity contribution in [3.8, 4) is 0 Å². The highest BCUT2D eigenvalue weighted by molar-refractivity contribution is 6.50. The van der Waals surface area contributed by atoms with E-state index in [1.54, 1.807) is 0 Å². The first kappa shape index (κ1) is 26.0. The van der Waals surface area contributed by atoms with Crippen LogP contribution in [0.25, 0.3) is 0 Å². The van der Waals surface area contributed by atoms with Crippen LogP contribution in [0.3, 0.4) is 0 Å². The van der Waals surface area contributed by atoms with E-state index in [4.69, 9.17) is 0 Å². The topological polar surface area (TPSA) is 0 Å². The van der Waals surface area contributed by atoms with Crippen LogP contribution in [0.1, 0.15) is 91.9 Å². The summed E-state index contributed by atoms with van der Waals surface area (Å²) in [6.45, 7) is 15.1. The molecule has 24 heavy (non-hydrogen) atoms. The molecule has 0 unspecified atom stereocenters. The van der Waals surface area contributed by atoms with Crippen molar-refractivity contribution in [3.05, 3.63) is 0 Å². The van der Waals surface area contributed by atoms with Gasteiger partial charge >= 0.3 is 7.25 Å². The molecule has 0 aromatic rings. The summed E-state index contributed by atoms with van der Waals surface area (Å²) in [5, 5.41) is 0. The smallest absolute Gasteiger partial charge is 0.418 e. The van der Waals surface area contributed by atoms with Crippen molar-refractivity contribution in [2.24, 2.45) is 0 Å². The van der Waals surface area contributed by atoms with Gasteiger partial charge in [0.05, 0.1) is 26.2 Å². The quantitative estimate of drug-likeness (QED) is 0.135. The molecule has 0 aliphatic carbocycles. The number of hydrogen-bond donors (Lipinski definition) is 0. The minimum absolute atomic E-state index is 1.35. The molecule has 0 spiro atoms. The molecule has 0 N–H and O–H groups in total. The van der Waals surface area contributed by atoms with Crippen molar-refractivity contribution in [3.63, 3.8) is 0 Å². The number of nitrogens with zero attached hydrogens (tertiary/aromatic N) is 1. The summed E-state index contributed by atoms with van der Waals surface area (Å²) < 4.78 is 40.4. The Morgan fingerprint density at radius 1 is 0.500 bits per heavy atom. The first-order chi connectivity index (χ1) is 11.2. The molecule has 0 atom stereocenters. The maximum Gasteiger partial charge on any atom is 0.673 e. The van der Waals surface area contributed by atoms with Crippen LogP contribution in [-0.2, 0) is 0 Å². The third-order valence-corrected chi connectivity index (χ3v) is 4.44. The molecule has 0 radical (unpaired) electrons.